The number of nitrogens with one attached hydrogen (secondary N) is 4. The standard InChI is InChI=1S/C35H59N5O8S/c1-8-10-14-25(27(41)30(43)36-17-9-2)37-29(42)26-21-24(20-23(3)4)22-40(26)31(44)28(34(5,6)7)38-33(45)39-35(15-12-11-13-16-35)32-48-18-19-49(32,46)47/h9,23-26,28,32H,2,8,10-22H2,1,3-7H3,(H,36,43)(H,37,42)(H2,38,39,45)/t24-,25+,26+,28-,32-/m1/s1. The number of urea groups is 1. The van der Waals surface area contributed by atoms with Crippen molar-refractivity contribution in [1.29, 1.82) is 0 Å². The van der Waals surface area contributed by atoms with Crippen LogP contribution in [-0.4, -0.2) is 97.4 Å². The summed E-state index contributed by atoms with van der Waals surface area (Å²) < 4.78 is 31.6. The van der Waals surface area contributed by atoms with Crippen LogP contribution in [0.3, 0.4) is 0 Å². The van der Waals surface area contributed by atoms with E-state index in [2.05, 4.69) is 41.7 Å². The summed E-state index contributed by atoms with van der Waals surface area (Å²) in [5, 5.41) is 11.1. The summed E-state index contributed by atoms with van der Waals surface area (Å²) in [6, 6.07) is -3.71. The Labute approximate surface area is 292 Å². The van der Waals surface area contributed by atoms with Gasteiger partial charge in [-0.05, 0) is 49.4 Å². The van der Waals surface area contributed by atoms with Gasteiger partial charge in [0.25, 0.3) is 5.91 Å². The van der Waals surface area contributed by atoms with Crippen molar-refractivity contribution >= 4 is 39.4 Å². The van der Waals surface area contributed by atoms with Gasteiger partial charge in [0.05, 0.1) is 23.9 Å². The van der Waals surface area contributed by atoms with Crippen LogP contribution in [-0.2, 0) is 33.8 Å². The number of nitrogens with zero attached hydrogens (tertiary/aromatic N) is 1. The molecule has 3 fully saturated rings. The molecule has 0 unspecified atom stereocenters. The molecule has 4 N–H and O–H groups in total. The number of rotatable bonds is 15. The van der Waals surface area contributed by atoms with Crippen LogP contribution in [0.15, 0.2) is 12.7 Å². The molecule has 5 amide bonds. The van der Waals surface area contributed by atoms with Crippen molar-refractivity contribution < 1.29 is 37.1 Å². The van der Waals surface area contributed by atoms with E-state index in [-0.39, 0.29) is 37.8 Å². The number of hydrogen-bond donors (Lipinski definition) is 4. The zero-order chi connectivity index (χ0) is 36.6. The maximum Gasteiger partial charge on any atom is 0.316 e. The summed E-state index contributed by atoms with van der Waals surface area (Å²) in [5.74, 6) is -2.33. The average molecular weight is 710 g/mol. The number of unbranched alkanes of at least 4 members (excludes halogenated alkanes) is 1. The number of ketones is 1. The minimum absolute atomic E-state index is 0.00468. The van der Waals surface area contributed by atoms with Gasteiger partial charge in [0, 0.05) is 13.1 Å². The third-order valence-electron chi connectivity index (χ3n) is 9.80. The van der Waals surface area contributed by atoms with E-state index in [1.807, 2.05) is 27.7 Å². The van der Waals surface area contributed by atoms with Crippen molar-refractivity contribution in [3.8, 4) is 0 Å². The highest BCUT2D eigenvalue weighted by Gasteiger charge is 2.52. The lowest BCUT2D eigenvalue weighted by Crippen LogP contribution is -2.65. The molecule has 5 atom stereocenters. The zero-order valence-electron chi connectivity index (χ0n) is 30.3. The van der Waals surface area contributed by atoms with Crippen molar-refractivity contribution in [2.24, 2.45) is 17.3 Å². The molecule has 278 valence electrons. The summed E-state index contributed by atoms with van der Waals surface area (Å²) in [4.78, 5) is 69.2. The van der Waals surface area contributed by atoms with E-state index in [9.17, 15) is 32.4 Å². The highest BCUT2D eigenvalue weighted by Crippen LogP contribution is 2.38. The molecule has 0 bridgehead atoms. The van der Waals surface area contributed by atoms with E-state index < -0.39 is 73.9 Å². The lowest BCUT2D eigenvalue weighted by molar-refractivity contribution is -0.143. The molecule has 49 heavy (non-hydrogen) atoms. The van der Waals surface area contributed by atoms with Crippen LogP contribution in [0.4, 0.5) is 4.79 Å². The molecule has 1 aliphatic carbocycles. The molecule has 2 aliphatic heterocycles. The molecule has 0 aromatic heterocycles. The number of amides is 5. The topological polar surface area (TPSA) is 180 Å². The van der Waals surface area contributed by atoms with Gasteiger partial charge in [-0.1, -0.05) is 79.7 Å². The Morgan fingerprint density at radius 1 is 1.06 bits per heavy atom. The van der Waals surface area contributed by atoms with Gasteiger partial charge in [-0.2, -0.15) is 0 Å². The summed E-state index contributed by atoms with van der Waals surface area (Å²) in [6.07, 6.45) is 7.48. The maximum absolute atomic E-state index is 14.5. The molecule has 2 saturated heterocycles. The monoisotopic (exact) mass is 709 g/mol. The molecule has 0 spiro atoms. The zero-order valence-corrected chi connectivity index (χ0v) is 31.1. The van der Waals surface area contributed by atoms with Crippen LogP contribution in [0.5, 0.6) is 0 Å². The Hall–Kier alpha value is -3.00. The van der Waals surface area contributed by atoms with Crippen molar-refractivity contribution in [3.63, 3.8) is 0 Å². The number of likely N-dealkylation sites (tertiary alicyclic amines) is 1. The third kappa shape index (κ3) is 10.5. The molecule has 3 aliphatic rings. The number of carbonyl (C=O) groups is 5. The smallest absolute Gasteiger partial charge is 0.316 e. The van der Waals surface area contributed by atoms with Crippen LogP contribution >= 0.6 is 0 Å². The molecule has 2 heterocycles. The number of sulfone groups is 1. The second kappa shape index (κ2) is 17.3. The fraction of sp³-hybridized carbons (Fsp3) is 0.800. The fourth-order valence-electron chi connectivity index (χ4n) is 7.40. The second-order valence-corrected chi connectivity index (χ2v) is 17.7. The van der Waals surface area contributed by atoms with Gasteiger partial charge in [-0.3, -0.25) is 19.2 Å². The van der Waals surface area contributed by atoms with Gasteiger partial charge >= 0.3 is 6.03 Å². The minimum atomic E-state index is -3.58. The van der Waals surface area contributed by atoms with E-state index in [0.29, 0.717) is 31.6 Å². The van der Waals surface area contributed by atoms with E-state index >= 15 is 0 Å². The molecule has 13 nitrogen and oxygen atoms in total. The van der Waals surface area contributed by atoms with Crippen molar-refractivity contribution in [1.82, 2.24) is 26.2 Å². The predicted molar refractivity (Wildman–Crippen MR) is 187 cm³/mol. The van der Waals surface area contributed by atoms with Gasteiger partial charge in [-0.25, -0.2) is 13.2 Å². The van der Waals surface area contributed by atoms with Crippen LogP contribution in [0.2, 0.25) is 0 Å². The summed E-state index contributed by atoms with van der Waals surface area (Å²) in [5.41, 5.74) is -3.05. The Morgan fingerprint density at radius 3 is 2.29 bits per heavy atom. The van der Waals surface area contributed by atoms with Gasteiger partial charge in [0.1, 0.15) is 12.1 Å². The molecule has 0 radical (unpaired) electrons. The third-order valence-corrected chi connectivity index (χ3v) is 11.8. The fourth-order valence-corrected chi connectivity index (χ4v) is 9.23. The van der Waals surface area contributed by atoms with E-state index in [0.717, 1.165) is 32.1 Å². The number of ether oxygens (including phenoxy) is 1. The van der Waals surface area contributed by atoms with Crippen LogP contribution in [0.25, 0.3) is 0 Å². The molecule has 0 aromatic carbocycles. The summed E-state index contributed by atoms with van der Waals surface area (Å²) in [7, 11) is -3.58. The number of Topliss-reactive ketones (excluding diaryl/α,β-unsaturated/α-hetero) is 1. The molecule has 3 rings (SSSR count). The first-order valence-electron chi connectivity index (χ1n) is 17.9. The normalized spacial score (nSPS) is 24.5. The van der Waals surface area contributed by atoms with Gasteiger partial charge < -0.3 is 30.9 Å². The Bertz CT molecular complexity index is 1320. The van der Waals surface area contributed by atoms with Gasteiger partial charge in [0.2, 0.25) is 17.6 Å². The van der Waals surface area contributed by atoms with Crippen molar-refractivity contribution in [2.45, 2.75) is 135 Å². The lowest BCUT2D eigenvalue weighted by Gasteiger charge is -2.42. The SMILES string of the molecule is C=CCNC(=O)C(=O)[C@H](CCCC)NC(=O)[C@@H]1C[C@@H](CC(C)C)CN1C(=O)[C@@H](NC(=O)NC1([C@@H]2OCCS2(=O)=O)CCCCC1)C(C)(C)C. The maximum atomic E-state index is 14.5. The molecular weight excluding hydrogens is 650 g/mol. The second-order valence-electron chi connectivity index (χ2n) is 15.5. The first-order valence-corrected chi connectivity index (χ1v) is 19.6. The van der Waals surface area contributed by atoms with Crippen molar-refractivity contribution in [3.05, 3.63) is 12.7 Å². The van der Waals surface area contributed by atoms with Crippen molar-refractivity contribution in [2.75, 3.05) is 25.4 Å². The average Bonchev–Trinajstić information content (AvgIpc) is 3.62. The van der Waals surface area contributed by atoms with Gasteiger partial charge in [0.15, 0.2) is 15.3 Å². The first-order chi connectivity index (χ1) is 23.0. The molecule has 1 saturated carbocycles. The minimum Gasteiger partial charge on any atom is -0.359 e. The largest absolute Gasteiger partial charge is 0.359 e. The first kappa shape index (κ1) is 40.4. The van der Waals surface area contributed by atoms with E-state index in [4.69, 9.17) is 4.74 Å². The predicted octanol–water partition coefficient (Wildman–Crippen LogP) is 2.98. The number of carbonyl (C=O) groups excluding carboxylic acids is 5. The van der Waals surface area contributed by atoms with E-state index in [1.54, 1.807) is 0 Å². The molecular formula is C35H59N5O8S. The highest BCUT2D eigenvalue weighted by atomic mass is 32.2. The highest BCUT2D eigenvalue weighted by molar-refractivity contribution is 7.92. The number of hydrogen-bond acceptors (Lipinski definition) is 8. The quantitative estimate of drug-likeness (QED) is 0.148. The van der Waals surface area contributed by atoms with Crippen LogP contribution in [0.1, 0.15) is 106 Å². The summed E-state index contributed by atoms with van der Waals surface area (Å²) >= 11 is 0. The Balaban J connectivity index is 1.87. The Kier molecular flexibility index (Phi) is 14.3. The lowest BCUT2D eigenvalue weighted by atomic mass is 9.82. The molecule has 14 heteroatoms. The molecule has 0 aromatic rings. The van der Waals surface area contributed by atoms with Crippen LogP contribution < -0.4 is 21.3 Å². The van der Waals surface area contributed by atoms with E-state index in [1.165, 1.54) is 11.0 Å². The van der Waals surface area contributed by atoms with Gasteiger partial charge in [-0.15, -0.1) is 6.58 Å². The van der Waals surface area contributed by atoms with Crippen LogP contribution in [0, 0.1) is 17.3 Å². The Morgan fingerprint density at radius 2 is 1.73 bits per heavy atom. The summed E-state index contributed by atoms with van der Waals surface area (Å²) in [6.45, 7) is 15.5.